The number of aliphatic hydroxyl groups is 1. The average Bonchev–Trinajstić information content (AvgIpc) is 2.96. The van der Waals surface area contributed by atoms with E-state index in [0.717, 1.165) is 0 Å². The Hall–Kier alpha value is -2.21. The van der Waals surface area contributed by atoms with Crippen molar-refractivity contribution in [3.05, 3.63) is 35.7 Å². The number of aryl methyl sites for hydroxylation is 1. The van der Waals surface area contributed by atoms with Gasteiger partial charge in [0.1, 0.15) is 23.3 Å². The molecule has 2 rings (SSSR count). The van der Waals surface area contributed by atoms with Gasteiger partial charge in [-0.15, -0.1) is 0 Å². The van der Waals surface area contributed by atoms with E-state index in [1.807, 2.05) is 6.92 Å². The van der Waals surface area contributed by atoms with E-state index < -0.39 is 6.10 Å². The second-order valence-corrected chi connectivity index (χ2v) is 4.42. The summed E-state index contributed by atoms with van der Waals surface area (Å²) in [5, 5.41) is 15.0. The number of methoxy groups -OCH3 is 3. The third kappa shape index (κ3) is 2.80. The molecule has 0 saturated carbocycles. The molecule has 1 unspecified atom stereocenters. The van der Waals surface area contributed by atoms with Crippen LogP contribution in [0.3, 0.4) is 0 Å². The van der Waals surface area contributed by atoms with E-state index in [0.29, 0.717) is 35.1 Å². The molecule has 6 nitrogen and oxygen atoms in total. The summed E-state index contributed by atoms with van der Waals surface area (Å²) in [6.45, 7) is 2.58. The van der Waals surface area contributed by atoms with Crippen LogP contribution < -0.4 is 14.2 Å². The van der Waals surface area contributed by atoms with Gasteiger partial charge in [0.05, 0.1) is 27.5 Å². The van der Waals surface area contributed by atoms with Crippen molar-refractivity contribution >= 4 is 0 Å². The maximum absolute atomic E-state index is 10.8. The molecule has 0 aliphatic heterocycles. The summed E-state index contributed by atoms with van der Waals surface area (Å²) in [5.74, 6) is 1.76. The molecule has 1 heterocycles. The minimum atomic E-state index is -0.924. The van der Waals surface area contributed by atoms with Gasteiger partial charge in [0.15, 0.2) is 5.75 Å². The van der Waals surface area contributed by atoms with E-state index >= 15 is 0 Å². The van der Waals surface area contributed by atoms with Gasteiger partial charge in [0.25, 0.3) is 0 Å². The van der Waals surface area contributed by atoms with Gasteiger partial charge >= 0.3 is 0 Å². The molecule has 21 heavy (non-hydrogen) atoms. The van der Waals surface area contributed by atoms with Crippen LogP contribution in [0.5, 0.6) is 17.2 Å². The molecular formula is C15H20N2O4. The summed E-state index contributed by atoms with van der Waals surface area (Å²) in [4.78, 5) is 0. The predicted octanol–water partition coefficient (Wildman–Crippen LogP) is 2.01. The summed E-state index contributed by atoms with van der Waals surface area (Å²) in [5.41, 5.74) is 1.19. The molecular weight excluding hydrogens is 272 g/mol. The molecule has 0 fully saturated rings. The Labute approximate surface area is 123 Å². The van der Waals surface area contributed by atoms with E-state index in [9.17, 15) is 5.11 Å². The van der Waals surface area contributed by atoms with E-state index in [2.05, 4.69) is 5.10 Å². The summed E-state index contributed by atoms with van der Waals surface area (Å²) in [7, 11) is 4.69. The van der Waals surface area contributed by atoms with Crippen LogP contribution in [0.4, 0.5) is 0 Å². The Bertz CT molecular complexity index is 588. The van der Waals surface area contributed by atoms with Gasteiger partial charge in [-0.2, -0.15) is 5.10 Å². The molecule has 0 radical (unpaired) electrons. The monoisotopic (exact) mass is 292 g/mol. The van der Waals surface area contributed by atoms with Crippen LogP contribution in [-0.4, -0.2) is 36.2 Å². The number of hydrogen-bond acceptors (Lipinski definition) is 5. The van der Waals surface area contributed by atoms with E-state index in [-0.39, 0.29) is 0 Å². The minimum Gasteiger partial charge on any atom is -0.497 e. The summed E-state index contributed by atoms with van der Waals surface area (Å²) < 4.78 is 17.5. The maximum atomic E-state index is 10.8. The molecule has 0 aliphatic rings. The van der Waals surface area contributed by atoms with Crippen LogP contribution in [0.2, 0.25) is 0 Å². The number of aliphatic hydroxyl groups excluding tert-OH is 1. The molecule has 0 amide bonds. The van der Waals surface area contributed by atoms with Crippen molar-refractivity contribution in [2.75, 3.05) is 21.3 Å². The summed E-state index contributed by atoms with van der Waals surface area (Å²) in [6.07, 6.45) is 0.668. The molecule has 114 valence electrons. The molecule has 2 aromatic rings. The van der Waals surface area contributed by atoms with Crippen molar-refractivity contribution in [3.8, 4) is 17.2 Å². The fourth-order valence-electron chi connectivity index (χ4n) is 2.26. The van der Waals surface area contributed by atoms with E-state index in [4.69, 9.17) is 14.2 Å². The molecule has 1 aromatic heterocycles. The lowest BCUT2D eigenvalue weighted by atomic mass is 10.0. The maximum Gasteiger partial charge on any atom is 0.163 e. The molecule has 1 aromatic carbocycles. The van der Waals surface area contributed by atoms with Crippen LogP contribution in [0.25, 0.3) is 0 Å². The number of hydrogen-bond donors (Lipinski definition) is 1. The van der Waals surface area contributed by atoms with Gasteiger partial charge in [-0.25, -0.2) is 0 Å². The number of rotatable bonds is 6. The number of ether oxygens (including phenoxy) is 3. The number of aromatic nitrogens is 2. The predicted molar refractivity (Wildman–Crippen MR) is 78.1 cm³/mol. The standard InChI is InChI=1S/C15H20N2O4/c1-5-17-14(13(21-4)9-16-17)15(18)11-8-10(19-2)6-7-12(11)20-3/h6-9,15,18H,5H2,1-4H3. The zero-order valence-electron chi connectivity index (χ0n) is 12.7. The Morgan fingerprint density at radius 1 is 1.14 bits per heavy atom. The van der Waals surface area contributed by atoms with Crippen molar-refractivity contribution in [2.45, 2.75) is 19.6 Å². The van der Waals surface area contributed by atoms with Crippen molar-refractivity contribution in [1.29, 1.82) is 0 Å². The first-order valence-electron chi connectivity index (χ1n) is 6.65. The fourth-order valence-corrected chi connectivity index (χ4v) is 2.26. The molecule has 1 N–H and O–H groups in total. The average molecular weight is 292 g/mol. The molecule has 6 heteroatoms. The second-order valence-electron chi connectivity index (χ2n) is 4.42. The van der Waals surface area contributed by atoms with E-state index in [1.165, 1.54) is 0 Å². The fraction of sp³-hybridized carbons (Fsp3) is 0.400. The van der Waals surface area contributed by atoms with Crippen molar-refractivity contribution in [3.63, 3.8) is 0 Å². The first-order chi connectivity index (χ1) is 10.2. The normalized spacial score (nSPS) is 12.0. The van der Waals surface area contributed by atoms with Crippen molar-refractivity contribution < 1.29 is 19.3 Å². The topological polar surface area (TPSA) is 65.7 Å². The highest BCUT2D eigenvalue weighted by Crippen LogP contribution is 2.36. The Morgan fingerprint density at radius 3 is 2.43 bits per heavy atom. The quantitative estimate of drug-likeness (QED) is 0.882. The van der Waals surface area contributed by atoms with Gasteiger partial charge < -0.3 is 19.3 Å². The molecule has 0 saturated heterocycles. The lowest BCUT2D eigenvalue weighted by Gasteiger charge is -2.18. The molecule has 0 bridgehead atoms. The molecule has 1 atom stereocenters. The van der Waals surface area contributed by atoms with Crippen LogP contribution in [-0.2, 0) is 6.54 Å². The minimum absolute atomic E-state index is 0.536. The van der Waals surface area contributed by atoms with Gasteiger partial charge in [0.2, 0.25) is 0 Å². The summed E-state index contributed by atoms with van der Waals surface area (Å²) >= 11 is 0. The number of nitrogens with zero attached hydrogens (tertiary/aromatic N) is 2. The Balaban J connectivity index is 2.53. The summed E-state index contributed by atoms with van der Waals surface area (Å²) in [6, 6.07) is 5.29. The highest BCUT2D eigenvalue weighted by Gasteiger charge is 2.24. The smallest absolute Gasteiger partial charge is 0.163 e. The highest BCUT2D eigenvalue weighted by atomic mass is 16.5. The molecule has 0 aliphatic carbocycles. The lowest BCUT2D eigenvalue weighted by molar-refractivity contribution is 0.197. The largest absolute Gasteiger partial charge is 0.497 e. The third-order valence-corrected chi connectivity index (χ3v) is 3.35. The van der Waals surface area contributed by atoms with Crippen molar-refractivity contribution in [2.24, 2.45) is 0 Å². The van der Waals surface area contributed by atoms with Gasteiger partial charge in [-0.3, -0.25) is 4.68 Å². The lowest BCUT2D eigenvalue weighted by Crippen LogP contribution is -2.11. The zero-order chi connectivity index (χ0) is 15.4. The zero-order valence-corrected chi connectivity index (χ0v) is 12.7. The SMILES string of the molecule is CCn1ncc(OC)c1C(O)c1cc(OC)ccc1OC. The van der Waals surface area contributed by atoms with Crippen LogP contribution in [0.1, 0.15) is 24.3 Å². The molecule has 0 spiro atoms. The van der Waals surface area contributed by atoms with Crippen molar-refractivity contribution in [1.82, 2.24) is 9.78 Å². The Kier molecular flexibility index (Phi) is 4.70. The highest BCUT2D eigenvalue weighted by molar-refractivity contribution is 5.46. The van der Waals surface area contributed by atoms with Gasteiger partial charge in [0, 0.05) is 12.1 Å². The van der Waals surface area contributed by atoms with Crippen LogP contribution in [0, 0.1) is 0 Å². The Morgan fingerprint density at radius 2 is 1.86 bits per heavy atom. The van der Waals surface area contributed by atoms with Crippen LogP contribution >= 0.6 is 0 Å². The first kappa shape index (κ1) is 15.2. The van der Waals surface area contributed by atoms with Gasteiger partial charge in [-0.1, -0.05) is 0 Å². The van der Waals surface area contributed by atoms with Crippen LogP contribution in [0.15, 0.2) is 24.4 Å². The second kappa shape index (κ2) is 6.49. The van der Waals surface area contributed by atoms with E-state index in [1.54, 1.807) is 50.4 Å². The van der Waals surface area contributed by atoms with Gasteiger partial charge in [-0.05, 0) is 25.1 Å². The number of benzene rings is 1. The first-order valence-corrected chi connectivity index (χ1v) is 6.65. The third-order valence-electron chi connectivity index (χ3n) is 3.35.